The Kier molecular flexibility index (Phi) is 2.80. The maximum absolute atomic E-state index is 10.1. The van der Waals surface area contributed by atoms with E-state index < -0.39 is 0 Å². The zero-order valence-corrected chi connectivity index (χ0v) is 11.2. The fourth-order valence-electron chi connectivity index (χ4n) is 2.20. The van der Waals surface area contributed by atoms with Gasteiger partial charge in [-0.05, 0) is 34.5 Å². The second-order valence-corrected chi connectivity index (χ2v) is 5.11. The van der Waals surface area contributed by atoms with Crippen LogP contribution in [0, 0.1) is 0 Å². The van der Waals surface area contributed by atoms with E-state index in [0.29, 0.717) is 5.75 Å². The Labute approximate surface area is 114 Å². The Morgan fingerprint density at radius 2 is 1.61 bits per heavy atom. The quantitative estimate of drug-likeness (QED) is 0.672. The molecule has 0 aliphatic heterocycles. The van der Waals surface area contributed by atoms with Crippen LogP contribution in [-0.4, -0.2) is 5.11 Å². The van der Waals surface area contributed by atoms with Gasteiger partial charge in [-0.2, -0.15) is 0 Å². The van der Waals surface area contributed by atoms with Gasteiger partial charge in [0.1, 0.15) is 5.75 Å². The largest absolute Gasteiger partial charge is 0.507 e. The van der Waals surface area contributed by atoms with Gasteiger partial charge >= 0.3 is 0 Å². The van der Waals surface area contributed by atoms with Crippen LogP contribution < -0.4 is 0 Å². The topological polar surface area (TPSA) is 20.2 Å². The minimum atomic E-state index is 0.316. The van der Waals surface area contributed by atoms with E-state index in [0.717, 1.165) is 26.4 Å². The van der Waals surface area contributed by atoms with E-state index in [-0.39, 0.29) is 0 Å². The lowest BCUT2D eigenvalue weighted by Crippen LogP contribution is -1.82. The van der Waals surface area contributed by atoms with E-state index in [1.165, 1.54) is 0 Å². The van der Waals surface area contributed by atoms with Gasteiger partial charge in [0.25, 0.3) is 0 Å². The Morgan fingerprint density at radius 3 is 2.39 bits per heavy atom. The lowest BCUT2D eigenvalue weighted by Gasteiger charge is -2.09. The van der Waals surface area contributed by atoms with Crippen LogP contribution in [0.5, 0.6) is 5.75 Å². The first-order valence-electron chi connectivity index (χ1n) is 5.72. The van der Waals surface area contributed by atoms with Gasteiger partial charge in [0.05, 0.1) is 0 Å². The van der Waals surface area contributed by atoms with Gasteiger partial charge in [0.15, 0.2) is 0 Å². The first-order chi connectivity index (χ1) is 8.75. The third-order valence-electron chi connectivity index (χ3n) is 3.02. The highest BCUT2D eigenvalue weighted by Crippen LogP contribution is 2.36. The van der Waals surface area contributed by atoms with E-state index in [9.17, 15) is 5.11 Å². The molecular weight excluding hydrogens is 288 g/mol. The normalized spacial score (nSPS) is 10.7. The molecule has 0 aromatic heterocycles. The molecule has 3 rings (SSSR count). The van der Waals surface area contributed by atoms with E-state index in [1.807, 2.05) is 48.5 Å². The van der Waals surface area contributed by atoms with Crippen molar-refractivity contribution in [3.63, 3.8) is 0 Å². The first kappa shape index (κ1) is 11.3. The van der Waals surface area contributed by atoms with Crippen molar-refractivity contribution < 1.29 is 5.11 Å². The number of halogens is 1. The molecule has 0 aliphatic rings. The molecule has 0 fully saturated rings. The maximum atomic E-state index is 10.1. The van der Waals surface area contributed by atoms with Crippen LogP contribution in [0.2, 0.25) is 0 Å². The molecule has 1 nitrogen and oxygen atoms in total. The van der Waals surface area contributed by atoms with Crippen molar-refractivity contribution in [3.8, 4) is 16.9 Å². The van der Waals surface area contributed by atoms with Crippen molar-refractivity contribution in [2.75, 3.05) is 0 Å². The van der Waals surface area contributed by atoms with Crippen LogP contribution in [-0.2, 0) is 0 Å². The molecule has 0 aliphatic carbocycles. The lowest BCUT2D eigenvalue weighted by molar-refractivity contribution is 0.478. The molecule has 0 heterocycles. The molecule has 0 atom stereocenters. The number of hydrogen-bond acceptors (Lipinski definition) is 1. The van der Waals surface area contributed by atoms with Crippen LogP contribution in [0.1, 0.15) is 0 Å². The fraction of sp³-hybridized carbons (Fsp3) is 0. The molecule has 0 unspecified atom stereocenters. The summed E-state index contributed by atoms with van der Waals surface area (Å²) >= 11 is 3.47. The van der Waals surface area contributed by atoms with Crippen molar-refractivity contribution in [3.05, 3.63) is 65.1 Å². The standard InChI is InChI=1S/C16H11BrO/c17-13-7-8-14-12(10-13)6-9-15(18)16(14)11-4-2-1-3-5-11/h1-10,18H. The summed E-state index contributed by atoms with van der Waals surface area (Å²) < 4.78 is 1.04. The number of phenolic OH excluding ortho intramolecular Hbond substituents is 1. The first-order valence-corrected chi connectivity index (χ1v) is 6.51. The minimum Gasteiger partial charge on any atom is -0.507 e. The number of fused-ring (bicyclic) bond motifs is 1. The smallest absolute Gasteiger partial charge is 0.124 e. The Hall–Kier alpha value is -1.80. The zero-order valence-electron chi connectivity index (χ0n) is 9.60. The number of phenols is 1. The summed E-state index contributed by atoms with van der Waals surface area (Å²) in [6.45, 7) is 0. The lowest BCUT2D eigenvalue weighted by atomic mass is 9.97. The molecule has 0 bridgehead atoms. The van der Waals surface area contributed by atoms with Crippen molar-refractivity contribution in [2.24, 2.45) is 0 Å². The van der Waals surface area contributed by atoms with Gasteiger partial charge in [-0.15, -0.1) is 0 Å². The average Bonchev–Trinajstić information content (AvgIpc) is 2.40. The van der Waals surface area contributed by atoms with Gasteiger partial charge in [0, 0.05) is 10.0 Å². The molecule has 3 aromatic carbocycles. The highest BCUT2D eigenvalue weighted by atomic mass is 79.9. The predicted octanol–water partition coefficient (Wildman–Crippen LogP) is 4.97. The molecule has 18 heavy (non-hydrogen) atoms. The fourth-order valence-corrected chi connectivity index (χ4v) is 2.58. The molecular formula is C16H11BrO. The predicted molar refractivity (Wildman–Crippen MR) is 78.7 cm³/mol. The molecule has 1 N–H and O–H groups in total. The average molecular weight is 299 g/mol. The van der Waals surface area contributed by atoms with Gasteiger partial charge in [-0.1, -0.05) is 58.4 Å². The molecule has 2 heteroatoms. The molecule has 88 valence electrons. The van der Waals surface area contributed by atoms with E-state index >= 15 is 0 Å². The van der Waals surface area contributed by atoms with E-state index in [1.54, 1.807) is 6.07 Å². The van der Waals surface area contributed by atoms with Crippen LogP contribution in [0.25, 0.3) is 21.9 Å². The molecule has 0 saturated carbocycles. The van der Waals surface area contributed by atoms with Crippen LogP contribution in [0.15, 0.2) is 65.1 Å². The summed E-state index contributed by atoms with van der Waals surface area (Å²) in [6.07, 6.45) is 0. The third kappa shape index (κ3) is 1.89. The van der Waals surface area contributed by atoms with Gasteiger partial charge in [-0.25, -0.2) is 0 Å². The molecule has 0 spiro atoms. The van der Waals surface area contributed by atoms with Gasteiger partial charge < -0.3 is 5.11 Å². The summed E-state index contributed by atoms with van der Waals surface area (Å²) in [5.41, 5.74) is 1.92. The summed E-state index contributed by atoms with van der Waals surface area (Å²) in [5.74, 6) is 0.316. The van der Waals surface area contributed by atoms with E-state index in [4.69, 9.17) is 0 Å². The number of rotatable bonds is 1. The van der Waals surface area contributed by atoms with Gasteiger partial charge in [-0.3, -0.25) is 0 Å². The number of hydrogen-bond donors (Lipinski definition) is 1. The van der Waals surface area contributed by atoms with Crippen LogP contribution in [0.4, 0.5) is 0 Å². The second kappa shape index (κ2) is 4.46. The molecule has 0 radical (unpaired) electrons. The molecule has 0 saturated heterocycles. The summed E-state index contributed by atoms with van der Waals surface area (Å²) in [6, 6.07) is 19.7. The van der Waals surface area contributed by atoms with E-state index in [2.05, 4.69) is 22.0 Å². The molecule has 0 amide bonds. The Bertz CT molecular complexity index is 705. The van der Waals surface area contributed by atoms with Gasteiger partial charge in [0.2, 0.25) is 0 Å². The SMILES string of the molecule is Oc1ccc2cc(Br)ccc2c1-c1ccccc1. The minimum absolute atomic E-state index is 0.316. The third-order valence-corrected chi connectivity index (χ3v) is 3.52. The zero-order chi connectivity index (χ0) is 12.5. The highest BCUT2D eigenvalue weighted by Gasteiger charge is 2.09. The highest BCUT2D eigenvalue weighted by molar-refractivity contribution is 9.10. The van der Waals surface area contributed by atoms with Crippen LogP contribution in [0.3, 0.4) is 0 Å². The van der Waals surface area contributed by atoms with Crippen molar-refractivity contribution >= 4 is 26.7 Å². The Morgan fingerprint density at radius 1 is 0.833 bits per heavy atom. The monoisotopic (exact) mass is 298 g/mol. The number of aromatic hydroxyl groups is 1. The second-order valence-electron chi connectivity index (χ2n) is 4.19. The molecule has 3 aromatic rings. The van der Waals surface area contributed by atoms with Crippen molar-refractivity contribution in [1.82, 2.24) is 0 Å². The number of benzene rings is 3. The summed E-state index contributed by atoms with van der Waals surface area (Å²) in [5, 5.41) is 12.3. The Balaban J connectivity index is 2.37. The van der Waals surface area contributed by atoms with Crippen LogP contribution >= 0.6 is 15.9 Å². The summed E-state index contributed by atoms with van der Waals surface area (Å²) in [7, 11) is 0. The summed E-state index contributed by atoms with van der Waals surface area (Å²) in [4.78, 5) is 0. The van der Waals surface area contributed by atoms with Crippen molar-refractivity contribution in [1.29, 1.82) is 0 Å². The maximum Gasteiger partial charge on any atom is 0.124 e. The van der Waals surface area contributed by atoms with Crippen molar-refractivity contribution in [2.45, 2.75) is 0 Å².